The maximum Gasteiger partial charge on any atom is 0.247 e. The molecule has 0 unspecified atom stereocenters. The van der Waals surface area contributed by atoms with Crippen LogP contribution in [-0.4, -0.2) is 40.0 Å². The Morgan fingerprint density at radius 3 is 2.56 bits per heavy atom. The highest BCUT2D eigenvalue weighted by Crippen LogP contribution is 2.26. The van der Waals surface area contributed by atoms with Gasteiger partial charge in [0, 0.05) is 13.3 Å². The second kappa shape index (κ2) is 6.20. The number of imidazole rings is 1. The SMILES string of the molecule is C[C@@H](C(=O)c1nc(S(C)(=O)=O)ncc1Cl)c1nc2ccccc2n1C. The molecule has 0 saturated heterocycles. The minimum absolute atomic E-state index is 0.00279. The van der Waals surface area contributed by atoms with Gasteiger partial charge < -0.3 is 4.57 Å². The van der Waals surface area contributed by atoms with E-state index >= 15 is 0 Å². The largest absolute Gasteiger partial charge is 0.331 e. The van der Waals surface area contributed by atoms with Crippen molar-refractivity contribution in [3.05, 3.63) is 47.0 Å². The molecule has 3 rings (SSSR count). The monoisotopic (exact) mass is 378 g/mol. The summed E-state index contributed by atoms with van der Waals surface area (Å²) in [5, 5.41) is -0.430. The Labute approximate surface area is 149 Å². The van der Waals surface area contributed by atoms with Crippen molar-refractivity contribution >= 4 is 38.3 Å². The molecule has 0 saturated carbocycles. The fraction of sp³-hybridized carbons (Fsp3) is 0.250. The van der Waals surface area contributed by atoms with Gasteiger partial charge in [-0.2, -0.15) is 0 Å². The lowest BCUT2D eigenvalue weighted by molar-refractivity contribution is 0.0956. The molecule has 0 aliphatic heterocycles. The van der Waals surface area contributed by atoms with Gasteiger partial charge in [-0.1, -0.05) is 23.7 Å². The van der Waals surface area contributed by atoms with Crippen molar-refractivity contribution in [3.8, 4) is 0 Å². The molecule has 3 aromatic rings. The molecule has 7 nitrogen and oxygen atoms in total. The fourth-order valence-corrected chi connectivity index (χ4v) is 3.26. The van der Waals surface area contributed by atoms with Crippen molar-refractivity contribution in [1.29, 1.82) is 0 Å². The van der Waals surface area contributed by atoms with Crippen LogP contribution in [0.15, 0.2) is 35.6 Å². The van der Waals surface area contributed by atoms with Gasteiger partial charge in [0.1, 0.15) is 11.5 Å². The highest BCUT2D eigenvalue weighted by atomic mass is 35.5. The smallest absolute Gasteiger partial charge is 0.247 e. The highest BCUT2D eigenvalue weighted by molar-refractivity contribution is 7.90. The number of aromatic nitrogens is 4. The van der Waals surface area contributed by atoms with Gasteiger partial charge in [0.05, 0.1) is 28.2 Å². The van der Waals surface area contributed by atoms with E-state index in [9.17, 15) is 13.2 Å². The minimum atomic E-state index is -3.65. The third-order valence-electron chi connectivity index (χ3n) is 3.89. The van der Waals surface area contributed by atoms with E-state index in [1.54, 1.807) is 6.92 Å². The minimum Gasteiger partial charge on any atom is -0.331 e. The Hall–Kier alpha value is -2.32. The molecule has 0 spiro atoms. The number of nitrogens with zero attached hydrogens (tertiary/aromatic N) is 4. The first kappa shape index (κ1) is 17.5. The van der Waals surface area contributed by atoms with Crippen LogP contribution in [0.5, 0.6) is 0 Å². The summed E-state index contributed by atoms with van der Waals surface area (Å²) in [5.41, 5.74) is 1.53. The molecule has 25 heavy (non-hydrogen) atoms. The molecule has 1 aromatic carbocycles. The van der Waals surface area contributed by atoms with Crippen LogP contribution in [0.3, 0.4) is 0 Å². The Kier molecular flexibility index (Phi) is 4.34. The van der Waals surface area contributed by atoms with Crippen molar-refractivity contribution in [1.82, 2.24) is 19.5 Å². The second-order valence-electron chi connectivity index (χ2n) is 5.72. The molecule has 0 radical (unpaired) electrons. The van der Waals surface area contributed by atoms with E-state index in [0.717, 1.165) is 23.5 Å². The lowest BCUT2D eigenvalue weighted by Gasteiger charge is -2.11. The van der Waals surface area contributed by atoms with E-state index < -0.39 is 26.7 Å². The van der Waals surface area contributed by atoms with E-state index in [0.29, 0.717) is 5.82 Å². The summed E-state index contributed by atoms with van der Waals surface area (Å²) >= 11 is 6.02. The molecule has 0 aliphatic carbocycles. The summed E-state index contributed by atoms with van der Waals surface area (Å²) in [5.74, 6) is -0.533. The standard InChI is InChI=1S/C16H15ClN4O3S/c1-9(15-19-11-6-4-5-7-12(11)21(15)2)14(22)13-10(17)8-18-16(20-13)25(3,23)24/h4-9H,1-3H3/t9-/m0/s1. The molecule has 0 aliphatic rings. The Morgan fingerprint density at radius 1 is 1.24 bits per heavy atom. The van der Waals surface area contributed by atoms with Crippen LogP contribution in [0.4, 0.5) is 0 Å². The number of ketones is 1. The van der Waals surface area contributed by atoms with Crippen molar-refractivity contribution in [2.45, 2.75) is 18.0 Å². The molecule has 1 atom stereocenters. The number of carbonyl (C=O) groups excluding carboxylic acids is 1. The maximum atomic E-state index is 12.9. The number of rotatable bonds is 4. The van der Waals surface area contributed by atoms with Gasteiger partial charge in [0.25, 0.3) is 0 Å². The molecule has 0 bridgehead atoms. The third kappa shape index (κ3) is 3.14. The molecule has 0 amide bonds. The first-order chi connectivity index (χ1) is 11.7. The number of fused-ring (bicyclic) bond motifs is 1. The van der Waals surface area contributed by atoms with E-state index in [4.69, 9.17) is 11.6 Å². The van der Waals surface area contributed by atoms with E-state index in [1.807, 2.05) is 35.9 Å². The summed E-state index contributed by atoms with van der Waals surface area (Å²) in [4.78, 5) is 24.9. The summed E-state index contributed by atoms with van der Waals surface area (Å²) < 4.78 is 25.1. The van der Waals surface area contributed by atoms with Crippen LogP contribution in [0, 0.1) is 0 Å². The molecular formula is C16H15ClN4O3S. The molecule has 130 valence electrons. The van der Waals surface area contributed by atoms with Crippen LogP contribution >= 0.6 is 11.6 Å². The van der Waals surface area contributed by atoms with Crippen molar-refractivity contribution < 1.29 is 13.2 Å². The van der Waals surface area contributed by atoms with Gasteiger partial charge in [-0.15, -0.1) is 0 Å². The molecule has 0 N–H and O–H groups in total. The van der Waals surface area contributed by atoms with Gasteiger partial charge in [-0.25, -0.2) is 23.4 Å². The van der Waals surface area contributed by atoms with Crippen LogP contribution in [-0.2, 0) is 16.9 Å². The van der Waals surface area contributed by atoms with Gasteiger partial charge in [-0.3, -0.25) is 4.79 Å². The summed E-state index contributed by atoms with van der Waals surface area (Å²) in [6.45, 7) is 1.68. The van der Waals surface area contributed by atoms with Crippen LogP contribution in [0.2, 0.25) is 5.02 Å². The second-order valence-corrected chi connectivity index (χ2v) is 8.04. The van der Waals surface area contributed by atoms with Gasteiger partial charge in [-0.05, 0) is 19.1 Å². The zero-order valence-corrected chi connectivity index (χ0v) is 15.3. The third-order valence-corrected chi connectivity index (χ3v) is 5.03. The Bertz CT molecular complexity index is 1090. The Balaban J connectivity index is 2.07. The van der Waals surface area contributed by atoms with Gasteiger partial charge in [0.2, 0.25) is 15.0 Å². The number of aryl methyl sites for hydroxylation is 1. The number of Topliss-reactive ketones (excluding diaryl/α,β-unsaturated/α-hetero) is 1. The van der Waals surface area contributed by atoms with Gasteiger partial charge in [0.15, 0.2) is 5.78 Å². The van der Waals surface area contributed by atoms with Crippen molar-refractivity contribution in [2.75, 3.05) is 6.26 Å². The molecule has 0 fully saturated rings. The molecule has 9 heteroatoms. The maximum absolute atomic E-state index is 12.9. The number of hydrogen-bond donors (Lipinski definition) is 0. The quantitative estimate of drug-likeness (QED) is 0.511. The number of para-hydroxylation sites is 2. The van der Waals surface area contributed by atoms with Gasteiger partial charge >= 0.3 is 0 Å². The number of halogens is 1. The van der Waals surface area contributed by atoms with Crippen LogP contribution in [0.1, 0.15) is 29.2 Å². The topological polar surface area (TPSA) is 94.8 Å². The Morgan fingerprint density at radius 2 is 1.92 bits per heavy atom. The highest BCUT2D eigenvalue weighted by Gasteiger charge is 2.27. The predicted octanol–water partition coefficient (Wildman–Crippen LogP) is 2.41. The van der Waals surface area contributed by atoms with Crippen molar-refractivity contribution in [2.24, 2.45) is 7.05 Å². The summed E-state index contributed by atoms with van der Waals surface area (Å²) in [6, 6.07) is 7.52. The van der Waals surface area contributed by atoms with Crippen molar-refractivity contribution in [3.63, 3.8) is 0 Å². The first-order valence-electron chi connectivity index (χ1n) is 7.38. The zero-order chi connectivity index (χ0) is 18.4. The number of hydrogen-bond acceptors (Lipinski definition) is 6. The lowest BCUT2D eigenvalue weighted by atomic mass is 10.0. The predicted molar refractivity (Wildman–Crippen MR) is 93.6 cm³/mol. The first-order valence-corrected chi connectivity index (χ1v) is 9.65. The summed E-state index contributed by atoms with van der Waals surface area (Å²) in [6.07, 6.45) is 2.10. The fourth-order valence-electron chi connectivity index (χ4n) is 2.58. The van der Waals surface area contributed by atoms with E-state index in [1.165, 1.54) is 0 Å². The molecule has 2 heterocycles. The zero-order valence-electron chi connectivity index (χ0n) is 13.8. The normalized spacial score (nSPS) is 13.1. The van der Waals surface area contributed by atoms with E-state index in [-0.39, 0.29) is 10.7 Å². The average Bonchev–Trinajstić information content (AvgIpc) is 2.90. The molecule has 2 aromatic heterocycles. The number of benzene rings is 1. The van der Waals surface area contributed by atoms with Crippen LogP contribution < -0.4 is 0 Å². The molecular weight excluding hydrogens is 364 g/mol. The number of sulfone groups is 1. The lowest BCUT2D eigenvalue weighted by Crippen LogP contribution is -2.18. The average molecular weight is 379 g/mol. The van der Waals surface area contributed by atoms with Crippen LogP contribution in [0.25, 0.3) is 11.0 Å². The van der Waals surface area contributed by atoms with E-state index in [2.05, 4.69) is 15.0 Å². The number of carbonyl (C=O) groups is 1. The summed E-state index contributed by atoms with van der Waals surface area (Å²) in [7, 11) is -1.83.